The van der Waals surface area contributed by atoms with Crippen LogP contribution >= 0.6 is 11.6 Å². The molecule has 0 radical (unpaired) electrons. The minimum Gasteiger partial charge on any atom is -0.369 e. The highest BCUT2D eigenvalue weighted by atomic mass is 35.5. The monoisotopic (exact) mass is 347 g/mol. The lowest BCUT2D eigenvalue weighted by atomic mass is 10.1. The molecule has 3 rings (SSSR count). The van der Waals surface area contributed by atoms with E-state index in [1.807, 2.05) is 21.0 Å². The molecule has 0 bridgehead atoms. The predicted molar refractivity (Wildman–Crippen MR) is 99.9 cm³/mol. The standard InChI is InChI=1S/C18H26ClN5/c1-14-21-18(19)17(22(14)3)16(13-20-2)24-11-9-23(10-12-24)15-7-5-4-6-8-15/h4-8,16,20H,9-13H2,1-3H3. The van der Waals surface area contributed by atoms with Crippen LogP contribution in [-0.4, -0.2) is 54.2 Å². The van der Waals surface area contributed by atoms with Gasteiger partial charge in [-0.2, -0.15) is 0 Å². The van der Waals surface area contributed by atoms with E-state index in [1.165, 1.54) is 5.69 Å². The van der Waals surface area contributed by atoms with E-state index < -0.39 is 0 Å². The molecule has 1 N–H and O–H groups in total. The summed E-state index contributed by atoms with van der Waals surface area (Å²) in [5, 5.41) is 3.94. The minimum atomic E-state index is 0.242. The van der Waals surface area contributed by atoms with E-state index in [0.29, 0.717) is 5.15 Å². The van der Waals surface area contributed by atoms with Gasteiger partial charge in [0.1, 0.15) is 5.82 Å². The molecule has 1 fully saturated rings. The zero-order valence-electron chi connectivity index (χ0n) is 14.7. The Labute approximate surface area is 149 Å². The average molecular weight is 348 g/mol. The fourth-order valence-corrected chi connectivity index (χ4v) is 3.85. The second-order valence-electron chi connectivity index (χ2n) is 6.33. The highest BCUT2D eigenvalue weighted by Crippen LogP contribution is 2.29. The van der Waals surface area contributed by atoms with Gasteiger partial charge < -0.3 is 14.8 Å². The van der Waals surface area contributed by atoms with Crippen molar-refractivity contribution in [2.45, 2.75) is 13.0 Å². The summed E-state index contributed by atoms with van der Waals surface area (Å²) < 4.78 is 2.12. The van der Waals surface area contributed by atoms with E-state index in [9.17, 15) is 0 Å². The van der Waals surface area contributed by atoms with Crippen LogP contribution in [0.4, 0.5) is 5.69 Å². The number of nitrogens with zero attached hydrogens (tertiary/aromatic N) is 4. The third kappa shape index (κ3) is 3.43. The molecule has 2 heterocycles. The van der Waals surface area contributed by atoms with Gasteiger partial charge >= 0.3 is 0 Å². The number of rotatable bonds is 5. The van der Waals surface area contributed by atoms with Crippen LogP contribution in [0.5, 0.6) is 0 Å². The number of hydrogen-bond donors (Lipinski definition) is 1. The van der Waals surface area contributed by atoms with Gasteiger partial charge in [-0.25, -0.2) is 4.98 Å². The second kappa shape index (κ2) is 7.55. The zero-order chi connectivity index (χ0) is 17.1. The lowest BCUT2D eigenvalue weighted by molar-refractivity contribution is 0.178. The summed E-state index contributed by atoms with van der Waals surface area (Å²) in [6.45, 7) is 6.95. The molecule has 1 atom stereocenters. The summed E-state index contributed by atoms with van der Waals surface area (Å²) >= 11 is 6.43. The number of piperazine rings is 1. The summed E-state index contributed by atoms with van der Waals surface area (Å²) in [6, 6.07) is 10.9. The van der Waals surface area contributed by atoms with Crippen LogP contribution in [0, 0.1) is 6.92 Å². The van der Waals surface area contributed by atoms with Crippen molar-refractivity contribution < 1.29 is 0 Å². The van der Waals surface area contributed by atoms with Crippen LogP contribution in [0.3, 0.4) is 0 Å². The number of nitrogens with one attached hydrogen (secondary N) is 1. The third-order valence-electron chi connectivity index (χ3n) is 4.91. The Balaban J connectivity index is 1.74. The molecular formula is C18H26ClN5. The van der Waals surface area contributed by atoms with Crippen LogP contribution < -0.4 is 10.2 Å². The highest BCUT2D eigenvalue weighted by molar-refractivity contribution is 6.30. The highest BCUT2D eigenvalue weighted by Gasteiger charge is 2.29. The summed E-state index contributed by atoms with van der Waals surface area (Å²) in [7, 11) is 4.04. The van der Waals surface area contributed by atoms with Gasteiger partial charge in [-0.15, -0.1) is 0 Å². The number of aromatic nitrogens is 2. The predicted octanol–water partition coefficient (Wildman–Crippen LogP) is 2.46. The molecule has 0 aliphatic carbocycles. The summed E-state index contributed by atoms with van der Waals surface area (Å²) in [6.07, 6.45) is 0. The van der Waals surface area contributed by atoms with Gasteiger partial charge in [-0.3, -0.25) is 4.90 Å². The van der Waals surface area contributed by atoms with Gasteiger partial charge in [0.2, 0.25) is 0 Å². The number of para-hydroxylation sites is 1. The molecule has 0 amide bonds. The van der Waals surface area contributed by atoms with Gasteiger partial charge in [-0.1, -0.05) is 29.8 Å². The lowest BCUT2D eigenvalue weighted by Crippen LogP contribution is -2.49. The van der Waals surface area contributed by atoms with Gasteiger partial charge in [-0.05, 0) is 26.1 Å². The molecule has 1 aliphatic heterocycles. The van der Waals surface area contributed by atoms with Crippen LogP contribution in [0.2, 0.25) is 5.15 Å². The first kappa shape index (κ1) is 17.3. The quantitative estimate of drug-likeness (QED) is 0.901. The Bertz CT molecular complexity index is 662. The topological polar surface area (TPSA) is 36.3 Å². The Kier molecular flexibility index (Phi) is 5.43. The first-order valence-corrected chi connectivity index (χ1v) is 8.87. The molecule has 6 heteroatoms. The molecule has 24 heavy (non-hydrogen) atoms. The van der Waals surface area contributed by atoms with E-state index in [1.54, 1.807) is 0 Å². The van der Waals surface area contributed by atoms with Crippen LogP contribution in [-0.2, 0) is 7.05 Å². The van der Waals surface area contributed by atoms with E-state index in [2.05, 4.69) is 55.0 Å². The summed E-state index contributed by atoms with van der Waals surface area (Å²) in [5.41, 5.74) is 2.41. The molecule has 1 unspecified atom stereocenters. The zero-order valence-corrected chi connectivity index (χ0v) is 15.4. The fraction of sp³-hybridized carbons (Fsp3) is 0.500. The van der Waals surface area contributed by atoms with Crippen molar-refractivity contribution in [3.8, 4) is 0 Å². The van der Waals surface area contributed by atoms with Crippen molar-refractivity contribution in [1.29, 1.82) is 0 Å². The first-order chi connectivity index (χ1) is 11.6. The summed E-state index contributed by atoms with van der Waals surface area (Å²) in [5.74, 6) is 0.957. The van der Waals surface area contributed by atoms with Crippen molar-refractivity contribution in [2.24, 2.45) is 7.05 Å². The molecule has 2 aromatic rings. The largest absolute Gasteiger partial charge is 0.369 e. The molecule has 1 aromatic heterocycles. The molecular weight excluding hydrogens is 322 g/mol. The third-order valence-corrected chi connectivity index (χ3v) is 5.19. The SMILES string of the molecule is CNCC(c1c(Cl)nc(C)n1C)N1CCN(c2ccccc2)CC1. The number of likely N-dealkylation sites (N-methyl/N-ethyl adjacent to an activating group) is 1. The maximum atomic E-state index is 6.43. The van der Waals surface area contributed by atoms with Crippen molar-refractivity contribution in [3.05, 3.63) is 47.0 Å². The normalized spacial score (nSPS) is 17.2. The number of benzene rings is 1. The number of halogens is 1. The van der Waals surface area contributed by atoms with E-state index in [0.717, 1.165) is 44.2 Å². The Hall–Kier alpha value is -1.56. The van der Waals surface area contributed by atoms with Gasteiger partial charge in [0.05, 0.1) is 11.7 Å². The number of imidazole rings is 1. The molecule has 1 aromatic carbocycles. The first-order valence-electron chi connectivity index (χ1n) is 8.49. The van der Waals surface area contributed by atoms with Crippen molar-refractivity contribution >= 4 is 17.3 Å². The van der Waals surface area contributed by atoms with E-state index in [4.69, 9.17) is 11.6 Å². The Morgan fingerprint density at radius 1 is 1.17 bits per heavy atom. The molecule has 5 nitrogen and oxygen atoms in total. The minimum absolute atomic E-state index is 0.242. The molecule has 1 saturated heterocycles. The Morgan fingerprint density at radius 3 is 2.38 bits per heavy atom. The maximum absolute atomic E-state index is 6.43. The van der Waals surface area contributed by atoms with Crippen LogP contribution in [0.1, 0.15) is 17.6 Å². The number of hydrogen-bond acceptors (Lipinski definition) is 4. The molecule has 0 spiro atoms. The average Bonchev–Trinajstić information content (AvgIpc) is 2.86. The smallest absolute Gasteiger partial charge is 0.152 e. The van der Waals surface area contributed by atoms with Gasteiger partial charge in [0.15, 0.2) is 5.15 Å². The summed E-state index contributed by atoms with van der Waals surface area (Å²) in [4.78, 5) is 9.39. The van der Waals surface area contributed by atoms with Gasteiger partial charge in [0.25, 0.3) is 0 Å². The second-order valence-corrected chi connectivity index (χ2v) is 6.68. The number of aryl methyl sites for hydroxylation is 1. The van der Waals surface area contributed by atoms with E-state index in [-0.39, 0.29) is 6.04 Å². The van der Waals surface area contributed by atoms with Crippen molar-refractivity contribution in [1.82, 2.24) is 19.8 Å². The van der Waals surface area contributed by atoms with Crippen LogP contribution in [0.25, 0.3) is 0 Å². The van der Waals surface area contributed by atoms with Crippen molar-refractivity contribution in [3.63, 3.8) is 0 Å². The Morgan fingerprint density at radius 2 is 1.83 bits per heavy atom. The maximum Gasteiger partial charge on any atom is 0.152 e. The fourth-order valence-electron chi connectivity index (χ4n) is 3.47. The van der Waals surface area contributed by atoms with E-state index >= 15 is 0 Å². The van der Waals surface area contributed by atoms with Gasteiger partial charge in [0, 0.05) is 45.5 Å². The lowest BCUT2D eigenvalue weighted by Gasteiger charge is -2.40. The molecule has 1 aliphatic rings. The van der Waals surface area contributed by atoms with Crippen LogP contribution in [0.15, 0.2) is 30.3 Å². The molecule has 130 valence electrons. The molecule has 0 saturated carbocycles. The van der Waals surface area contributed by atoms with Crippen molar-refractivity contribution in [2.75, 3.05) is 44.7 Å². The number of anilines is 1.